The summed E-state index contributed by atoms with van der Waals surface area (Å²) in [4.78, 5) is 5.49. The molecular weight excluding hydrogens is 319 g/mol. The van der Waals surface area contributed by atoms with Crippen LogP contribution in [0.15, 0.2) is 36.8 Å². The van der Waals surface area contributed by atoms with E-state index in [0.29, 0.717) is 13.0 Å². The Labute approximate surface area is 137 Å². The van der Waals surface area contributed by atoms with Crippen LogP contribution in [0.4, 0.5) is 13.2 Å². The first-order valence-electron chi connectivity index (χ1n) is 8.02. The fourth-order valence-corrected chi connectivity index (χ4v) is 4.09. The average molecular weight is 337 g/mol. The minimum absolute atomic E-state index is 0.0485. The topological polar surface area (TPSA) is 41.3 Å². The molecule has 0 radical (unpaired) electrons. The summed E-state index contributed by atoms with van der Waals surface area (Å²) in [7, 11) is 0. The number of hydrogen-bond donors (Lipinski definition) is 1. The van der Waals surface area contributed by atoms with Crippen LogP contribution in [-0.2, 0) is 0 Å². The number of fused-ring (bicyclic) bond motifs is 3. The van der Waals surface area contributed by atoms with Gasteiger partial charge in [-0.2, -0.15) is 13.2 Å². The van der Waals surface area contributed by atoms with Crippen molar-refractivity contribution < 1.29 is 18.3 Å². The van der Waals surface area contributed by atoms with Gasteiger partial charge in [0.15, 0.2) is 0 Å². The molecule has 1 saturated heterocycles. The molecule has 0 bridgehead atoms. The standard InChI is InChI=1S/C17H18F3N3O/c18-17(19,20)9-22-6-5-13(15(24)8-22)16-12-4-2-1-3-11(12)14-7-21-10-23(14)16/h1-4,7,10,13,15-16,24H,5-6,8-9H2. The van der Waals surface area contributed by atoms with E-state index in [2.05, 4.69) is 4.98 Å². The Hall–Kier alpha value is -1.86. The maximum atomic E-state index is 12.6. The van der Waals surface area contributed by atoms with Gasteiger partial charge >= 0.3 is 6.18 Å². The van der Waals surface area contributed by atoms with Crippen molar-refractivity contribution in [1.82, 2.24) is 14.5 Å². The lowest BCUT2D eigenvalue weighted by Gasteiger charge is -2.39. The van der Waals surface area contributed by atoms with Gasteiger partial charge in [0.25, 0.3) is 0 Å². The van der Waals surface area contributed by atoms with Crippen molar-refractivity contribution in [3.63, 3.8) is 0 Å². The predicted octanol–water partition coefficient (Wildman–Crippen LogP) is 2.70. The molecule has 7 heteroatoms. The Morgan fingerprint density at radius 3 is 2.79 bits per heavy atom. The molecule has 0 spiro atoms. The Balaban J connectivity index is 1.59. The number of hydrogen-bond acceptors (Lipinski definition) is 3. The number of aromatic nitrogens is 2. The number of aliphatic hydroxyl groups excluding tert-OH is 1. The largest absolute Gasteiger partial charge is 0.401 e. The van der Waals surface area contributed by atoms with E-state index in [1.54, 1.807) is 12.5 Å². The number of rotatable bonds is 2. The predicted molar refractivity (Wildman–Crippen MR) is 82.4 cm³/mol. The molecule has 1 N–H and O–H groups in total. The molecule has 24 heavy (non-hydrogen) atoms. The van der Waals surface area contributed by atoms with Crippen molar-refractivity contribution in [2.24, 2.45) is 5.92 Å². The first-order chi connectivity index (χ1) is 11.4. The Bertz CT molecular complexity index is 743. The van der Waals surface area contributed by atoms with Crippen molar-refractivity contribution in [3.8, 4) is 11.3 Å². The zero-order valence-electron chi connectivity index (χ0n) is 12.9. The Kier molecular flexibility index (Phi) is 3.65. The molecule has 3 heterocycles. The van der Waals surface area contributed by atoms with Crippen LogP contribution in [0.3, 0.4) is 0 Å². The highest BCUT2D eigenvalue weighted by Gasteiger charge is 2.42. The molecule has 2 aromatic rings. The van der Waals surface area contributed by atoms with E-state index in [-0.39, 0.29) is 18.5 Å². The summed E-state index contributed by atoms with van der Waals surface area (Å²) in [5, 5.41) is 10.5. The van der Waals surface area contributed by atoms with Gasteiger partial charge in [-0.15, -0.1) is 0 Å². The van der Waals surface area contributed by atoms with Crippen molar-refractivity contribution in [1.29, 1.82) is 0 Å². The SMILES string of the molecule is OC1CN(CC(F)(F)F)CCC1C1c2ccccc2-c2cncn21. The number of halogens is 3. The molecule has 3 atom stereocenters. The Morgan fingerprint density at radius 2 is 2.04 bits per heavy atom. The third-order valence-corrected chi connectivity index (χ3v) is 5.05. The fraction of sp³-hybridized carbons (Fsp3) is 0.471. The molecule has 1 aromatic heterocycles. The number of aliphatic hydroxyl groups is 1. The van der Waals surface area contributed by atoms with Gasteiger partial charge in [-0.1, -0.05) is 24.3 Å². The number of piperidine rings is 1. The van der Waals surface area contributed by atoms with Crippen molar-refractivity contribution in [2.75, 3.05) is 19.6 Å². The lowest BCUT2D eigenvalue weighted by Crippen LogP contribution is -2.49. The highest BCUT2D eigenvalue weighted by Crippen LogP contribution is 2.45. The molecule has 2 aliphatic heterocycles. The van der Waals surface area contributed by atoms with Crippen LogP contribution in [0.25, 0.3) is 11.3 Å². The maximum Gasteiger partial charge on any atom is 0.401 e. The van der Waals surface area contributed by atoms with E-state index in [1.165, 1.54) is 4.90 Å². The quantitative estimate of drug-likeness (QED) is 0.916. The molecule has 3 unspecified atom stereocenters. The van der Waals surface area contributed by atoms with Crippen LogP contribution in [0.2, 0.25) is 0 Å². The molecular formula is C17H18F3N3O. The van der Waals surface area contributed by atoms with Gasteiger partial charge in [0.2, 0.25) is 0 Å². The van der Waals surface area contributed by atoms with Crippen LogP contribution in [0.1, 0.15) is 18.0 Å². The van der Waals surface area contributed by atoms with Crippen LogP contribution < -0.4 is 0 Å². The smallest absolute Gasteiger partial charge is 0.391 e. The monoisotopic (exact) mass is 337 g/mol. The molecule has 128 valence electrons. The molecule has 0 aliphatic carbocycles. The average Bonchev–Trinajstić information content (AvgIpc) is 3.07. The summed E-state index contributed by atoms with van der Waals surface area (Å²) in [6.45, 7) is -0.578. The van der Waals surface area contributed by atoms with Crippen LogP contribution in [0, 0.1) is 5.92 Å². The van der Waals surface area contributed by atoms with E-state index in [9.17, 15) is 18.3 Å². The van der Waals surface area contributed by atoms with Crippen LogP contribution >= 0.6 is 0 Å². The summed E-state index contributed by atoms with van der Waals surface area (Å²) in [6.07, 6.45) is -0.969. The van der Waals surface area contributed by atoms with Crippen molar-refractivity contribution >= 4 is 0 Å². The third-order valence-electron chi connectivity index (χ3n) is 5.05. The van der Waals surface area contributed by atoms with E-state index < -0.39 is 18.8 Å². The molecule has 1 aromatic carbocycles. The van der Waals surface area contributed by atoms with Crippen LogP contribution in [0.5, 0.6) is 0 Å². The summed E-state index contributed by atoms with van der Waals surface area (Å²) in [5.41, 5.74) is 3.20. The van der Waals surface area contributed by atoms with Crippen molar-refractivity contribution in [2.45, 2.75) is 24.7 Å². The summed E-state index contributed by atoms with van der Waals surface area (Å²) >= 11 is 0. The van der Waals surface area contributed by atoms with E-state index in [0.717, 1.165) is 16.8 Å². The van der Waals surface area contributed by atoms with E-state index >= 15 is 0 Å². The zero-order chi connectivity index (χ0) is 16.9. The molecule has 4 rings (SSSR count). The van der Waals surface area contributed by atoms with Gasteiger partial charge in [0.05, 0.1) is 36.9 Å². The number of nitrogens with zero attached hydrogens (tertiary/aromatic N) is 3. The van der Waals surface area contributed by atoms with Crippen LogP contribution in [-0.4, -0.2) is 51.5 Å². The van der Waals surface area contributed by atoms with Gasteiger partial charge in [-0.3, -0.25) is 4.90 Å². The molecule has 0 saturated carbocycles. The zero-order valence-corrected chi connectivity index (χ0v) is 12.9. The fourth-order valence-electron chi connectivity index (χ4n) is 4.09. The summed E-state index contributed by atoms with van der Waals surface area (Å²) < 4.78 is 39.8. The lowest BCUT2D eigenvalue weighted by molar-refractivity contribution is -0.154. The minimum atomic E-state index is -4.23. The number of imidazole rings is 1. The number of benzene rings is 1. The molecule has 4 nitrogen and oxygen atoms in total. The van der Waals surface area contributed by atoms with E-state index in [4.69, 9.17) is 0 Å². The van der Waals surface area contributed by atoms with Gasteiger partial charge in [-0.05, 0) is 18.5 Å². The number of alkyl halides is 3. The molecule has 1 fully saturated rings. The number of likely N-dealkylation sites (tertiary alicyclic amines) is 1. The third kappa shape index (κ3) is 2.61. The summed E-state index contributed by atoms with van der Waals surface area (Å²) in [5.74, 6) is -0.119. The summed E-state index contributed by atoms with van der Waals surface area (Å²) in [6, 6.07) is 7.90. The van der Waals surface area contributed by atoms with Gasteiger partial charge in [-0.25, -0.2) is 4.98 Å². The second-order valence-corrected chi connectivity index (χ2v) is 6.59. The minimum Gasteiger partial charge on any atom is -0.391 e. The first-order valence-corrected chi connectivity index (χ1v) is 8.02. The lowest BCUT2D eigenvalue weighted by atomic mass is 9.83. The molecule has 0 amide bonds. The highest BCUT2D eigenvalue weighted by atomic mass is 19.4. The second kappa shape index (κ2) is 5.60. The van der Waals surface area contributed by atoms with E-state index in [1.807, 2.05) is 28.8 Å². The molecule has 2 aliphatic rings. The van der Waals surface area contributed by atoms with Gasteiger partial charge in [0.1, 0.15) is 0 Å². The highest BCUT2D eigenvalue weighted by molar-refractivity contribution is 5.69. The normalized spacial score (nSPS) is 27.1. The van der Waals surface area contributed by atoms with Gasteiger partial charge in [0, 0.05) is 18.0 Å². The second-order valence-electron chi connectivity index (χ2n) is 6.59. The van der Waals surface area contributed by atoms with Crippen molar-refractivity contribution in [3.05, 3.63) is 42.4 Å². The Morgan fingerprint density at radius 1 is 1.25 bits per heavy atom. The number of β-amino-alcohol motifs (C(OH)–C–C–N with tert-alkyl or cyclic N) is 1. The maximum absolute atomic E-state index is 12.6. The van der Waals surface area contributed by atoms with Gasteiger partial charge < -0.3 is 9.67 Å². The first kappa shape index (κ1) is 15.7.